The van der Waals surface area contributed by atoms with Gasteiger partial charge in [-0.3, -0.25) is 4.79 Å². The van der Waals surface area contributed by atoms with E-state index in [9.17, 15) is 18.4 Å². The van der Waals surface area contributed by atoms with Crippen LogP contribution < -0.4 is 5.32 Å². The van der Waals surface area contributed by atoms with E-state index in [1.54, 1.807) is 0 Å². The van der Waals surface area contributed by atoms with Gasteiger partial charge in [0.15, 0.2) is 0 Å². The highest BCUT2D eigenvalue weighted by Gasteiger charge is 2.11. The lowest BCUT2D eigenvalue weighted by Gasteiger charge is -2.06. The van der Waals surface area contributed by atoms with Crippen molar-refractivity contribution in [1.29, 1.82) is 0 Å². The first-order valence-electron chi connectivity index (χ1n) is 4.96. The van der Waals surface area contributed by atoms with Crippen LogP contribution in [0.3, 0.4) is 0 Å². The van der Waals surface area contributed by atoms with E-state index in [2.05, 4.69) is 10.1 Å². The maximum Gasteiger partial charge on any atom is 0.354 e. The van der Waals surface area contributed by atoms with E-state index in [0.717, 1.165) is 25.3 Å². The van der Waals surface area contributed by atoms with Crippen LogP contribution in [0.25, 0.3) is 6.08 Å². The first-order valence-corrected chi connectivity index (χ1v) is 4.96. The molecule has 4 nitrogen and oxygen atoms in total. The van der Waals surface area contributed by atoms with Crippen LogP contribution in [0.2, 0.25) is 0 Å². The number of rotatable bonds is 3. The Morgan fingerprint density at radius 3 is 2.22 bits per heavy atom. The number of amides is 1. The zero-order valence-corrected chi connectivity index (χ0v) is 9.79. The fourth-order valence-corrected chi connectivity index (χ4v) is 1.27. The molecule has 0 atom stereocenters. The summed E-state index contributed by atoms with van der Waals surface area (Å²) in [4.78, 5) is 22.2. The Kier molecular flexibility index (Phi) is 4.53. The molecule has 0 heterocycles. The summed E-state index contributed by atoms with van der Waals surface area (Å²) >= 11 is 0. The van der Waals surface area contributed by atoms with Crippen LogP contribution in [0.4, 0.5) is 8.78 Å². The Morgan fingerprint density at radius 1 is 1.22 bits per heavy atom. The first kappa shape index (κ1) is 13.8. The average Bonchev–Trinajstić information content (AvgIpc) is 2.25. The molecule has 1 N–H and O–H groups in total. The Labute approximate surface area is 102 Å². The standard InChI is InChI=1S/C12H11F2NO3/c1-7(16)15-11(12(17)18-2)5-8-3-9(13)6-10(14)4-8/h3-6H,1-2H3,(H,15,16)/b11-5-. The lowest BCUT2D eigenvalue weighted by molar-refractivity contribution is -0.137. The number of nitrogens with one attached hydrogen (secondary N) is 1. The topological polar surface area (TPSA) is 55.4 Å². The van der Waals surface area contributed by atoms with Crippen molar-refractivity contribution in [2.75, 3.05) is 7.11 Å². The van der Waals surface area contributed by atoms with E-state index in [1.807, 2.05) is 0 Å². The smallest absolute Gasteiger partial charge is 0.354 e. The van der Waals surface area contributed by atoms with Gasteiger partial charge >= 0.3 is 5.97 Å². The minimum Gasteiger partial charge on any atom is -0.464 e. The normalized spacial score (nSPS) is 11.0. The number of esters is 1. The highest BCUT2D eigenvalue weighted by Crippen LogP contribution is 2.11. The van der Waals surface area contributed by atoms with Crippen LogP contribution in [-0.2, 0) is 14.3 Å². The van der Waals surface area contributed by atoms with Gasteiger partial charge in [0.25, 0.3) is 0 Å². The third-order valence-corrected chi connectivity index (χ3v) is 1.91. The lowest BCUT2D eigenvalue weighted by Crippen LogP contribution is -2.25. The Bertz CT molecular complexity index is 492. The van der Waals surface area contributed by atoms with Gasteiger partial charge in [-0.1, -0.05) is 0 Å². The van der Waals surface area contributed by atoms with Gasteiger partial charge in [-0.25, -0.2) is 13.6 Å². The average molecular weight is 255 g/mol. The van der Waals surface area contributed by atoms with Gasteiger partial charge in [0.2, 0.25) is 5.91 Å². The number of methoxy groups -OCH3 is 1. The van der Waals surface area contributed by atoms with Gasteiger partial charge < -0.3 is 10.1 Å². The summed E-state index contributed by atoms with van der Waals surface area (Å²) in [7, 11) is 1.13. The molecule has 0 spiro atoms. The summed E-state index contributed by atoms with van der Waals surface area (Å²) in [5.41, 5.74) is -0.100. The van der Waals surface area contributed by atoms with Gasteiger partial charge in [-0.2, -0.15) is 0 Å². The second-order valence-electron chi connectivity index (χ2n) is 3.43. The van der Waals surface area contributed by atoms with Gasteiger partial charge in [0, 0.05) is 13.0 Å². The third-order valence-electron chi connectivity index (χ3n) is 1.91. The number of halogens is 2. The molecule has 0 aromatic heterocycles. The molecule has 1 amide bonds. The quantitative estimate of drug-likeness (QED) is 0.659. The predicted molar refractivity (Wildman–Crippen MR) is 60.2 cm³/mol. The number of hydrogen-bond donors (Lipinski definition) is 1. The molecule has 18 heavy (non-hydrogen) atoms. The third kappa shape index (κ3) is 3.97. The molecule has 0 saturated heterocycles. The summed E-state index contributed by atoms with van der Waals surface area (Å²) in [6.07, 6.45) is 1.12. The zero-order valence-electron chi connectivity index (χ0n) is 9.79. The molecule has 96 valence electrons. The molecule has 1 aromatic carbocycles. The monoisotopic (exact) mass is 255 g/mol. The molecule has 0 aliphatic carbocycles. The number of hydrogen-bond acceptors (Lipinski definition) is 3. The Hall–Kier alpha value is -2.24. The maximum absolute atomic E-state index is 13.0. The molecule has 6 heteroatoms. The van der Waals surface area contributed by atoms with Gasteiger partial charge in [-0.15, -0.1) is 0 Å². The van der Waals surface area contributed by atoms with Crippen molar-refractivity contribution in [2.24, 2.45) is 0 Å². The summed E-state index contributed by atoms with van der Waals surface area (Å²) in [6, 6.07) is 2.75. The second-order valence-corrected chi connectivity index (χ2v) is 3.43. The van der Waals surface area contributed by atoms with E-state index in [0.29, 0.717) is 6.07 Å². The van der Waals surface area contributed by atoms with E-state index in [1.165, 1.54) is 6.92 Å². The van der Waals surface area contributed by atoms with E-state index in [-0.39, 0.29) is 11.3 Å². The summed E-state index contributed by atoms with van der Waals surface area (Å²) < 4.78 is 30.3. The number of carbonyl (C=O) groups is 2. The molecular weight excluding hydrogens is 244 g/mol. The molecule has 1 aromatic rings. The van der Waals surface area contributed by atoms with Crippen molar-refractivity contribution in [2.45, 2.75) is 6.92 Å². The lowest BCUT2D eigenvalue weighted by atomic mass is 10.2. The Balaban J connectivity index is 3.13. The first-order chi connectivity index (χ1) is 8.42. The highest BCUT2D eigenvalue weighted by molar-refractivity contribution is 5.97. The molecule has 0 fully saturated rings. The van der Waals surface area contributed by atoms with Crippen molar-refractivity contribution in [1.82, 2.24) is 5.32 Å². The Morgan fingerprint density at radius 2 is 1.78 bits per heavy atom. The van der Waals surface area contributed by atoms with E-state index < -0.39 is 23.5 Å². The summed E-state index contributed by atoms with van der Waals surface area (Å²) in [6.45, 7) is 1.20. The number of ether oxygens (including phenoxy) is 1. The number of benzene rings is 1. The maximum atomic E-state index is 13.0. The highest BCUT2D eigenvalue weighted by atomic mass is 19.1. The van der Waals surface area contributed by atoms with Crippen LogP contribution in [0.5, 0.6) is 0 Å². The van der Waals surface area contributed by atoms with Crippen molar-refractivity contribution in [3.63, 3.8) is 0 Å². The van der Waals surface area contributed by atoms with E-state index >= 15 is 0 Å². The molecule has 0 aliphatic heterocycles. The van der Waals surface area contributed by atoms with E-state index in [4.69, 9.17) is 0 Å². The fourth-order valence-electron chi connectivity index (χ4n) is 1.27. The van der Waals surface area contributed by atoms with Crippen LogP contribution in [0.15, 0.2) is 23.9 Å². The molecule has 0 bridgehead atoms. The predicted octanol–water partition coefficient (Wildman–Crippen LogP) is 1.61. The minimum absolute atomic E-state index is 0.0988. The SMILES string of the molecule is COC(=O)/C(=C/c1cc(F)cc(F)c1)NC(C)=O. The van der Waals surface area contributed by atoms with Crippen molar-refractivity contribution in [3.05, 3.63) is 41.1 Å². The minimum atomic E-state index is -0.810. The fraction of sp³-hybridized carbons (Fsp3) is 0.167. The van der Waals surface area contributed by atoms with Crippen LogP contribution in [0.1, 0.15) is 12.5 Å². The van der Waals surface area contributed by atoms with Gasteiger partial charge in [-0.05, 0) is 23.8 Å². The largest absolute Gasteiger partial charge is 0.464 e. The molecule has 0 saturated carbocycles. The van der Waals surface area contributed by atoms with Gasteiger partial charge in [0.05, 0.1) is 7.11 Å². The van der Waals surface area contributed by atoms with Crippen LogP contribution in [-0.4, -0.2) is 19.0 Å². The molecule has 0 unspecified atom stereocenters. The second kappa shape index (κ2) is 5.90. The van der Waals surface area contributed by atoms with Crippen LogP contribution >= 0.6 is 0 Å². The van der Waals surface area contributed by atoms with Crippen molar-refractivity contribution >= 4 is 18.0 Å². The molecule has 0 aliphatic rings. The number of carbonyl (C=O) groups excluding carboxylic acids is 2. The van der Waals surface area contributed by atoms with Crippen molar-refractivity contribution in [3.8, 4) is 0 Å². The molecular formula is C12H11F2NO3. The summed E-state index contributed by atoms with van der Waals surface area (Å²) in [5.74, 6) is -2.88. The summed E-state index contributed by atoms with van der Waals surface area (Å²) in [5, 5.41) is 2.22. The van der Waals surface area contributed by atoms with Gasteiger partial charge in [0.1, 0.15) is 17.3 Å². The van der Waals surface area contributed by atoms with Crippen LogP contribution in [0, 0.1) is 11.6 Å². The zero-order chi connectivity index (χ0) is 13.7. The van der Waals surface area contributed by atoms with Crippen molar-refractivity contribution < 1.29 is 23.1 Å². The molecule has 0 radical (unpaired) electrons. The molecule has 1 rings (SSSR count).